The predicted molar refractivity (Wildman–Crippen MR) is 206 cm³/mol. The van der Waals surface area contributed by atoms with E-state index in [0.717, 1.165) is 74.7 Å². The Labute approximate surface area is 307 Å². The molecule has 15 heteroatoms. The van der Waals surface area contributed by atoms with Crippen molar-refractivity contribution in [1.29, 1.82) is 0 Å². The molecule has 7 rings (SSSR count). The number of piperidine rings is 2. The van der Waals surface area contributed by atoms with E-state index in [1.54, 1.807) is 24.1 Å². The number of ether oxygens (including phenoxy) is 1. The van der Waals surface area contributed by atoms with Crippen LogP contribution in [-0.2, 0) is 11.6 Å². The molecule has 2 aliphatic rings. The first-order valence-corrected chi connectivity index (χ1v) is 20.5. The number of likely N-dealkylation sites (tertiary alicyclic amines) is 1. The molecule has 2 fully saturated rings. The van der Waals surface area contributed by atoms with Crippen LogP contribution in [0.1, 0.15) is 39.5 Å². The second-order valence-electron chi connectivity index (χ2n) is 15.4. The lowest BCUT2D eigenvalue weighted by Gasteiger charge is -2.50. The summed E-state index contributed by atoms with van der Waals surface area (Å²) in [6.07, 6.45) is 9.77. The molecule has 3 aromatic heterocycles. The Morgan fingerprint density at radius 2 is 1.72 bits per heavy atom. The molecule has 1 spiro atoms. The topological polar surface area (TPSA) is 116 Å². The molecule has 2 aliphatic heterocycles. The molecule has 0 radical (unpaired) electrons. The van der Waals surface area contributed by atoms with E-state index in [1.807, 2.05) is 45.4 Å². The maximum absolute atomic E-state index is 15.0. The molecule has 0 saturated carbocycles. The number of hydrogen-bond donors (Lipinski definition) is 3. The second-order valence-corrected chi connectivity index (χ2v) is 18.5. The zero-order valence-corrected chi connectivity index (χ0v) is 32.0. The number of rotatable bonds is 10. The predicted octanol–water partition coefficient (Wildman–Crippen LogP) is 7.81. The summed E-state index contributed by atoms with van der Waals surface area (Å²) in [6.45, 7) is 10.0. The van der Waals surface area contributed by atoms with Gasteiger partial charge in [-0.05, 0) is 95.6 Å². The fourth-order valence-corrected chi connectivity index (χ4v) is 9.08. The first-order valence-electron chi connectivity index (χ1n) is 17.9. The average molecular weight is 750 g/mol. The van der Waals surface area contributed by atoms with Gasteiger partial charge < -0.3 is 29.8 Å². The number of aryl methyl sites for hydroxylation is 1. The van der Waals surface area contributed by atoms with Crippen molar-refractivity contribution < 1.29 is 22.5 Å². The molecular weight excluding hydrogens is 702 g/mol. The summed E-state index contributed by atoms with van der Waals surface area (Å²) in [5.74, 6) is -1.12. The van der Waals surface area contributed by atoms with E-state index in [1.165, 1.54) is 19.4 Å². The summed E-state index contributed by atoms with van der Waals surface area (Å²) in [5, 5.41) is 11.3. The minimum absolute atomic E-state index is 0.155. The zero-order chi connectivity index (χ0) is 37.7. The van der Waals surface area contributed by atoms with Crippen LogP contribution in [0.5, 0.6) is 5.75 Å². The minimum atomic E-state index is -3.24. The number of methoxy groups -OCH3 is 1. The van der Waals surface area contributed by atoms with Gasteiger partial charge in [0.15, 0.2) is 11.6 Å². The maximum atomic E-state index is 15.0. The van der Waals surface area contributed by atoms with Gasteiger partial charge >= 0.3 is 0 Å². The summed E-state index contributed by atoms with van der Waals surface area (Å²) >= 11 is 0. The quantitative estimate of drug-likeness (QED) is 0.123. The van der Waals surface area contributed by atoms with Crippen molar-refractivity contribution in [2.75, 3.05) is 68.8 Å². The largest absolute Gasteiger partial charge is 0.494 e. The molecule has 3 N–H and O–H groups in total. The van der Waals surface area contributed by atoms with Crippen LogP contribution < -0.4 is 25.6 Å². The standard InChI is InChI=1S/C38H47F3N9O2P/c1-37(2,23-39)50-17-12-38(13-18-50)10-15-49(16-11-38)30-20-31(52-4)29(19-26(30)24-21-43-48(3)22-24)45-36-46-34-25(9-14-42-34)35(47-36)44-28-8-7-27(40)32(41)33(28)53(5,6)51/h7-9,14,19-22H,10-13,15-18,23H2,1-6H3,(H3,42,44,45,46,47). The number of aromatic amines is 1. The first kappa shape index (κ1) is 36.8. The van der Waals surface area contributed by atoms with E-state index in [4.69, 9.17) is 14.7 Å². The SMILES string of the molecule is COc1cc(N2CCC3(CC2)CCN(C(C)(C)CF)CC3)c(-c2cnn(C)c2)cc1Nc1nc(Nc2ccc(F)c(F)c2P(C)(C)=O)c2cc[nH]c2n1. The van der Waals surface area contributed by atoms with Gasteiger partial charge in [-0.3, -0.25) is 9.58 Å². The molecule has 5 heterocycles. The number of halogens is 3. The van der Waals surface area contributed by atoms with Gasteiger partial charge in [0.05, 0.1) is 35.4 Å². The molecule has 5 aromatic rings. The van der Waals surface area contributed by atoms with Crippen LogP contribution in [0.15, 0.2) is 48.9 Å². The summed E-state index contributed by atoms with van der Waals surface area (Å²) in [7, 11) is 0.266. The highest BCUT2D eigenvalue weighted by Crippen LogP contribution is 2.47. The zero-order valence-electron chi connectivity index (χ0n) is 31.1. The van der Waals surface area contributed by atoms with Gasteiger partial charge in [0.1, 0.15) is 31.0 Å². The highest BCUT2D eigenvalue weighted by atomic mass is 31.2. The lowest BCUT2D eigenvalue weighted by Crippen LogP contribution is -2.53. The van der Waals surface area contributed by atoms with Crippen molar-refractivity contribution in [3.05, 3.63) is 60.6 Å². The third kappa shape index (κ3) is 7.23. The van der Waals surface area contributed by atoms with Gasteiger partial charge in [-0.2, -0.15) is 15.1 Å². The van der Waals surface area contributed by atoms with Crippen LogP contribution in [0.3, 0.4) is 0 Å². The number of benzene rings is 2. The van der Waals surface area contributed by atoms with Crippen molar-refractivity contribution >= 4 is 52.3 Å². The van der Waals surface area contributed by atoms with Crippen LogP contribution in [0.2, 0.25) is 0 Å². The number of anilines is 5. The summed E-state index contributed by atoms with van der Waals surface area (Å²) in [4.78, 5) is 17.3. The van der Waals surface area contributed by atoms with Gasteiger partial charge in [-0.15, -0.1) is 0 Å². The molecule has 0 bridgehead atoms. The summed E-state index contributed by atoms with van der Waals surface area (Å²) in [5.41, 5.74) is 4.02. The Morgan fingerprint density at radius 3 is 2.36 bits per heavy atom. The third-order valence-electron chi connectivity index (χ3n) is 11.0. The minimum Gasteiger partial charge on any atom is -0.494 e. The second kappa shape index (κ2) is 14.0. The Bertz CT molecular complexity index is 2180. The number of fused-ring (bicyclic) bond motifs is 1. The molecule has 0 aliphatic carbocycles. The van der Waals surface area contributed by atoms with Crippen molar-refractivity contribution in [2.45, 2.75) is 45.1 Å². The van der Waals surface area contributed by atoms with Crippen molar-refractivity contribution in [3.63, 3.8) is 0 Å². The first-order chi connectivity index (χ1) is 25.2. The number of H-pyrrole nitrogens is 1. The lowest BCUT2D eigenvalue weighted by atomic mass is 9.70. The number of alkyl halides is 1. The molecule has 0 unspecified atom stereocenters. The fourth-order valence-electron chi connectivity index (χ4n) is 7.79. The summed E-state index contributed by atoms with van der Waals surface area (Å²) in [6, 6.07) is 8.18. The Balaban J connectivity index is 1.20. The van der Waals surface area contributed by atoms with E-state index in [2.05, 4.69) is 30.5 Å². The summed E-state index contributed by atoms with van der Waals surface area (Å²) < 4.78 is 63.8. The van der Waals surface area contributed by atoms with Gasteiger partial charge in [-0.1, -0.05) is 0 Å². The highest BCUT2D eigenvalue weighted by Gasteiger charge is 2.41. The van der Waals surface area contributed by atoms with Crippen LogP contribution in [0.25, 0.3) is 22.2 Å². The number of nitrogens with zero attached hydrogens (tertiary/aromatic N) is 6. The van der Waals surface area contributed by atoms with Crippen LogP contribution >= 0.6 is 7.14 Å². The molecule has 53 heavy (non-hydrogen) atoms. The van der Waals surface area contributed by atoms with E-state index < -0.39 is 24.3 Å². The van der Waals surface area contributed by atoms with Crippen LogP contribution in [0, 0.1) is 17.0 Å². The molecule has 0 atom stereocenters. The molecular formula is C38H47F3N9O2P. The normalized spacial score (nSPS) is 16.7. The van der Waals surface area contributed by atoms with Gasteiger partial charge in [0, 0.05) is 61.0 Å². The van der Waals surface area contributed by atoms with Gasteiger partial charge in [0.2, 0.25) is 5.95 Å². The monoisotopic (exact) mass is 749 g/mol. The highest BCUT2D eigenvalue weighted by molar-refractivity contribution is 7.70. The van der Waals surface area contributed by atoms with E-state index in [0.29, 0.717) is 28.3 Å². The Morgan fingerprint density at radius 1 is 1.00 bits per heavy atom. The Kier molecular flexibility index (Phi) is 9.73. The maximum Gasteiger partial charge on any atom is 0.231 e. The van der Waals surface area contributed by atoms with Gasteiger partial charge in [-0.25, -0.2) is 13.2 Å². The number of hydrogen-bond acceptors (Lipinski definition) is 9. The molecule has 2 saturated heterocycles. The Hall–Kier alpha value is -4.55. The van der Waals surface area contributed by atoms with E-state index in [9.17, 15) is 17.7 Å². The van der Waals surface area contributed by atoms with E-state index in [-0.39, 0.29) is 29.0 Å². The third-order valence-corrected chi connectivity index (χ3v) is 12.5. The van der Waals surface area contributed by atoms with Crippen LogP contribution in [0.4, 0.5) is 42.0 Å². The van der Waals surface area contributed by atoms with Gasteiger partial charge in [0.25, 0.3) is 0 Å². The van der Waals surface area contributed by atoms with Crippen LogP contribution in [-0.4, -0.2) is 88.5 Å². The molecule has 0 amide bonds. The smallest absolute Gasteiger partial charge is 0.231 e. The fraction of sp³-hybridized carbons (Fsp3) is 0.447. The molecule has 2 aromatic carbocycles. The number of nitrogens with one attached hydrogen (secondary N) is 3. The van der Waals surface area contributed by atoms with Crippen molar-refractivity contribution in [2.24, 2.45) is 12.5 Å². The molecule has 11 nitrogen and oxygen atoms in total. The van der Waals surface area contributed by atoms with E-state index >= 15 is 0 Å². The average Bonchev–Trinajstić information content (AvgIpc) is 3.79. The van der Waals surface area contributed by atoms with Crippen molar-refractivity contribution in [3.8, 4) is 16.9 Å². The number of aromatic nitrogens is 5. The molecule has 282 valence electrons. The van der Waals surface area contributed by atoms with Crippen molar-refractivity contribution in [1.82, 2.24) is 29.6 Å². The lowest BCUT2D eigenvalue weighted by molar-refractivity contribution is 0.0112.